The molecule has 1 N–H and O–H groups in total. The summed E-state index contributed by atoms with van der Waals surface area (Å²) in [4.78, 5) is 0.311. The van der Waals surface area contributed by atoms with Gasteiger partial charge in [-0.1, -0.05) is 57.4 Å². The molecule has 2 aromatic carbocycles. The van der Waals surface area contributed by atoms with Crippen LogP contribution >= 0.6 is 0 Å². The van der Waals surface area contributed by atoms with Gasteiger partial charge in [0.25, 0.3) is 10.0 Å². The average molecular weight is 374 g/mol. The summed E-state index contributed by atoms with van der Waals surface area (Å²) in [5, 5.41) is 0. The van der Waals surface area contributed by atoms with E-state index in [1.165, 1.54) is 24.0 Å². The van der Waals surface area contributed by atoms with E-state index in [4.69, 9.17) is 0 Å². The van der Waals surface area contributed by atoms with Crippen LogP contribution in [0.4, 0.5) is 5.69 Å². The van der Waals surface area contributed by atoms with Crippen LogP contribution in [-0.2, 0) is 22.9 Å². The third-order valence-electron chi connectivity index (χ3n) is 4.66. The minimum atomic E-state index is -3.56. The maximum absolute atomic E-state index is 12.7. The first-order valence-electron chi connectivity index (χ1n) is 9.67. The lowest BCUT2D eigenvalue weighted by Gasteiger charge is -2.12. The van der Waals surface area contributed by atoms with Gasteiger partial charge in [0.1, 0.15) is 0 Å². The van der Waals surface area contributed by atoms with E-state index in [1.807, 2.05) is 31.2 Å². The highest BCUT2D eigenvalue weighted by Crippen LogP contribution is 2.22. The molecule has 0 atom stereocenters. The monoisotopic (exact) mass is 373 g/mol. The summed E-state index contributed by atoms with van der Waals surface area (Å²) in [6.45, 7) is 6.30. The Labute approximate surface area is 158 Å². The lowest BCUT2D eigenvalue weighted by molar-refractivity contribution is 0.601. The molecule has 0 heterocycles. The number of benzene rings is 2. The van der Waals surface area contributed by atoms with E-state index in [0.717, 1.165) is 37.7 Å². The maximum atomic E-state index is 12.7. The molecule has 0 bridgehead atoms. The van der Waals surface area contributed by atoms with Crippen molar-refractivity contribution in [3.63, 3.8) is 0 Å². The van der Waals surface area contributed by atoms with E-state index in [0.29, 0.717) is 10.6 Å². The summed E-state index contributed by atoms with van der Waals surface area (Å²) in [7, 11) is -3.56. The van der Waals surface area contributed by atoms with Gasteiger partial charge in [0, 0.05) is 0 Å². The molecule has 4 heteroatoms. The Hall–Kier alpha value is -1.81. The topological polar surface area (TPSA) is 46.2 Å². The molecule has 3 nitrogen and oxygen atoms in total. The van der Waals surface area contributed by atoms with Crippen molar-refractivity contribution in [1.29, 1.82) is 0 Å². The van der Waals surface area contributed by atoms with Crippen LogP contribution in [0, 0.1) is 6.92 Å². The Morgan fingerprint density at radius 1 is 0.808 bits per heavy atom. The standard InChI is InChI=1S/C22H31NO2S/c1-4-6-8-10-19-11-14-21(15-12-19)26(24,25)23-22-16-13-20(9-7-5-2)17-18(22)3/h11-17,23H,4-10H2,1-3H3. The number of nitrogens with one attached hydrogen (secondary N) is 1. The van der Waals surface area contributed by atoms with E-state index < -0.39 is 10.0 Å². The predicted octanol–water partition coefficient (Wildman–Crippen LogP) is 5.87. The van der Waals surface area contributed by atoms with E-state index in [2.05, 4.69) is 24.6 Å². The van der Waals surface area contributed by atoms with Crippen LogP contribution in [0.15, 0.2) is 47.4 Å². The molecule has 0 aliphatic rings. The minimum Gasteiger partial charge on any atom is -0.279 e. The number of hydrogen-bond donors (Lipinski definition) is 1. The Balaban J connectivity index is 2.08. The highest BCUT2D eigenvalue weighted by Gasteiger charge is 2.15. The molecule has 0 spiro atoms. The second kappa shape index (κ2) is 9.77. The Kier molecular flexibility index (Phi) is 7.70. The van der Waals surface area contributed by atoms with Gasteiger partial charge in [-0.25, -0.2) is 8.42 Å². The lowest BCUT2D eigenvalue weighted by atomic mass is 10.1. The summed E-state index contributed by atoms with van der Waals surface area (Å²) in [6, 6.07) is 13.2. The van der Waals surface area contributed by atoms with Gasteiger partial charge in [0.2, 0.25) is 0 Å². The SMILES string of the molecule is CCCCCc1ccc(S(=O)(=O)Nc2ccc(CCCC)cc2C)cc1. The largest absolute Gasteiger partial charge is 0.279 e. The van der Waals surface area contributed by atoms with Crippen LogP contribution in [-0.4, -0.2) is 8.42 Å². The Morgan fingerprint density at radius 3 is 2.04 bits per heavy atom. The highest BCUT2D eigenvalue weighted by atomic mass is 32.2. The Morgan fingerprint density at radius 2 is 1.42 bits per heavy atom. The van der Waals surface area contributed by atoms with Gasteiger partial charge < -0.3 is 0 Å². The van der Waals surface area contributed by atoms with Crippen molar-refractivity contribution in [3.8, 4) is 0 Å². The number of aryl methyl sites for hydroxylation is 3. The molecular weight excluding hydrogens is 342 g/mol. The van der Waals surface area contributed by atoms with Gasteiger partial charge >= 0.3 is 0 Å². The van der Waals surface area contributed by atoms with E-state index >= 15 is 0 Å². The normalized spacial score (nSPS) is 11.5. The third kappa shape index (κ3) is 5.87. The first-order chi connectivity index (χ1) is 12.5. The van der Waals surface area contributed by atoms with Gasteiger partial charge in [-0.15, -0.1) is 0 Å². The first kappa shape index (κ1) is 20.5. The van der Waals surface area contributed by atoms with Crippen LogP contribution in [0.1, 0.15) is 62.6 Å². The van der Waals surface area contributed by atoms with Crippen molar-refractivity contribution in [1.82, 2.24) is 0 Å². The Bertz CT molecular complexity index is 795. The fourth-order valence-electron chi connectivity index (χ4n) is 2.99. The summed E-state index contributed by atoms with van der Waals surface area (Å²) in [5.74, 6) is 0. The van der Waals surface area contributed by atoms with Crippen molar-refractivity contribution in [2.45, 2.75) is 70.6 Å². The van der Waals surface area contributed by atoms with Crippen molar-refractivity contribution < 1.29 is 8.42 Å². The van der Waals surface area contributed by atoms with Crippen molar-refractivity contribution in [2.24, 2.45) is 0 Å². The minimum absolute atomic E-state index is 0.311. The summed E-state index contributed by atoms with van der Waals surface area (Å²) in [5.41, 5.74) is 4.05. The van der Waals surface area contributed by atoms with Crippen LogP contribution in [0.2, 0.25) is 0 Å². The fraction of sp³-hybridized carbons (Fsp3) is 0.455. The smallest absolute Gasteiger partial charge is 0.261 e. The van der Waals surface area contributed by atoms with Crippen molar-refractivity contribution in [3.05, 3.63) is 59.2 Å². The summed E-state index contributed by atoms with van der Waals surface area (Å²) in [6.07, 6.45) is 7.87. The zero-order valence-electron chi connectivity index (χ0n) is 16.2. The van der Waals surface area contributed by atoms with Gasteiger partial charge in [-0.2, -0.15) is 0 Å². The number of unbranched alkanes of at least 4 members (excludes halogenated alkanes) is 3. The van der Waals surface area contributed by atoms with Crippen LogP contribution in [0.25, 0.3) is 0 Å². The first-order valence-corrected chi connectivity index (χ1v) is 11.2. The highest BCUT2D eigenvalue weighted by molar-refractivity contribution is 7.92. The fourth-order valence-corrected chi connectivity index (χ4v) is 4.13. The molecule has 0 radical (unpaired) electrons. The zero-order valence-corrected chi connectivity index (χ0v) is 17.0. The number of anilines is 1. The molecule has 0 amide bonds. The van der Waals surface area contributed by atoms with Gasteiger partial charge in [0.05, 0.1) is 10.6 Å². The quantitative estimate of drug-likeness (QED) is 0.529. The van der Waals surface area contributed by atoms with E-state index in [-0.39, 0.29) is 0 Å². The molecular formula is C22H31NO2S. The second-order valence-electron chi connectivity index (χ2n) is 6.96. The van der Waals surface area contributed by atoms with Crippen LogP contribution in [0.3, 0.4) is 0 Å². The molecule has 0 aliphatic carbocycles. The molecule has 0 aliphatic heterocycles. The van der Waals surface area contributed by atoms with Crippen molar-refractivity contribution in [2.75, 3.05) is 4.72 Å². The molecule has 142 valence electrons. The molecule has 26 heavy (non-hydrogen) atoms. The van der Waals surface area contributed by atoms with E-state index in [9.17, 15) is 8.42 Å². The number of hydrogen-bond acceptors (Lipinski definition) is 2. The molecule has 0 aromatic heterocycles. The summed E-state index contributed by atoms with van der Waals surface area (Å²) < 4.78 is 28.1. The third-order valence-corrected chi connectivity index (χ3v) is 6.04. The molecule has 0 saturated heterocycles. The zero-order chi connectivity index (χ0) is 19.0. The molecule has 2 rings (SSSR count). The summed E-state index contributed by atoms with van der Waals surface area (Å²) >= 11 is 0. The second-order valence-corrected chi connectivity index (χ2v) is 8.64. The maximum Gasteiger partial charge on any atom is 0.261 e. The van der Waals surface area contributed by atoms with Crippen LogP contribution < -0.4 is 4.72 Å². The molecule has 2 aromatic rings. The number of sulfonamides is 1. The van der Waals surface area contributed by atoms with Crippen molar-refractivity contribution >= 4 is 15.7 Å². The van der Waals surface area contributed by atoms with E-state index in [1.54, 1.807) is 12.1 Å². The van der Waals surface area contributed by atoms with Gasteiger partial charge in [0.15, 0.2) is 0 Å². The molecule has 0 unspecified atom stereocenters. The van der Waals surface area contributed by atoms with Gasteiger partial charge in [-0.05, 0) is 67.5 Å². The van der Waals surface area contributed by atoms with Crippen LogP contribution in [0.5, 0.6) is 0 Å². The lowest BCUT2D eigenvalue weighted by Crippen LogP contribution is -2.14. The molecule has 0 saturated carbocycles. The predicted molar refractivity (Wildman–Crippen MR) is 110 cm³/mol. The number of rotatable bonds is 10. The van der Waals surface area contributed by atoms with Gasteiger partial charge in [-0.3, -0.25) is 4.72 Å². The average Bonchev–Trinajstić information content (AvgIpc) is 2.62. The molecule has 0 fully saturated rings.